The molecule has 0 radical (unpaired) electrons. The van der Waals surface area contributed by atoms with Crippen LogP contribution in [-0.2, 0) is 4.79 Å². The standard InChI is InChI=1S/C17H22N2O3S/c1-18-8-7-12-9-19(11-17(12,10-18)16(21)22)15(20)13-5-3-4-6-14(13)23-2/h3-6,12H,7-11H2,1-2H3,(H,21,22)/t12-,17-/m1/s1. The summed E-state index contributed by atoms with van der Waals surface area (Å²) in [6.45, 7) is 2.25. The SMILES string of the molecule is CSc1ccccc1C(=O)N1C[C@H]2CCN(C)C[C@@]2(C(=O)O)C1. The van der Waals surface area contributed by atoms with Crippen LogP contribution in [0.1, 0.15) is 16.8 Å². The number of carbonyl (C=O) groups excluding carboxylic acids is 1. The Bertz CT molecular complexity index is 636. The Morgan fingerprint density at radius 3 is 2.74 bits per heavy atom. The number of piperidine rings is 1. The van der Waals surface area contributed by atoms with Crippen molar-refractivity contribution in [3.05, 3.63) is 29.8 Å². The normalized spacial score (nSPS) is 27.7. The van der Waals surface area contributed by atoms with Crippen molar-refractivity contribution in [3.63, 3.8) is 0 Å². The van der Waals surface area contributed by atoms with Gasteiger partial charge in [-0.05, 0) is 44.3 Å². The highest BCUT2D eigenvalue weighted by atomic mass is 32.2. The molecule has 1 amide bonds. The molecule has 0 aliphatic carbocycles. The molecular weight excluding hydrogens is 312 g/mol. The summed E-state index contributed by atoms with van der Waals surface area (Å²) < 4.78 is 0. The maximum Gasteiger partial charge on any atom is 0.313 e. The van der Waals surface area contributed by atoms with Gasteiger partial charge in [-0.1, -0.05) is 12.1 Å². The Hall–Kier alpha value is -1.53. The van der Waals surface area contributed by atoms with Gasteiger partial charge in [0.15, 0.2) is 0 Å². The topological polar surface area (TPSA) is 60.9 Å². The van der Waals surface area contributed by atoms with Crippen LogP contribution in [0.15, 0.2) is 29.2 Å². The largest absolute Gasteiger partial charge is 0.481 e. The van der Waals surface area contributed by atoms with Crippen LogP contribution in [0.5, 0.6) is 0 Å². The number of likely N-dealkylation sites (tertiary alicyclic amines) is 2. The molecule has 0 saturated carbocycles. The second-order valence-electron chi connectivity index (χ2n) is 6.57. The average molecular weight is 334 g/mol. The molecule has 0 aromatic heterocycles. The van der Waals surface area contributed by atoms with Gasteiger partial charge in [0, 0.05) is 24.5 Å². The van der Waals surface area contributed by atoms with E-state index in [1.807, 2.05) is 37.6 Å². The van der Waals surface area contributed by atoms with Crippen molar-refractivity contribution in [1.29, 1.82) is 0 Å². The third kappa shape index (κ3) is 2.74. The Morgan fingerprint density at radius 2 is 2.04 bits per heavy atom. The summed E-state index contributed by atoms with van der Waals surface area (Å²) in [4.78, 5) is 29.6. The van der Waals surface area contributed by atoms with Crippen LogP contribution in [0.25, 0.3) is 0 Å². The molecule has 0 spiro atoms. The van der Waals surface area contributed by atoms with Gasteiger partial charge in [-0.3, -0.25) is 9.59 Å². The lowest BCUT2D eigenvalue weighted by Gasteiger charge is -2.39. The summed E-state index contributed by atoms with van der Waals surface area (Å²) in [5, 5.41) is 9.82. The van der Waals surface area contributed by atoms with Crippen molar-refractivity contribution in [2.75, 3.05) is 39.5 Å². The highest BCUT2D eigenvalue weighted by Gasteiger charge is 2.55. The lowest BCUT2D eigenvalue weighted by atomic mass is 9.73. The molecule has 1 N–H and O–H groups in total. The maximum absolute atomic E-state index is 12.9. The Balaban J connectivity index is 1.88. The van der Waals surface area contributed by atoms with Gasteiger partial charge in [0.1, 0.15) is 5.41 Å². The number of nitrogens with zero attached hydrogens (tertiary/aromatic N) is 2. The van der Waals surface area contributed by atoms with Gasteiger partial charge < -0.3 is 14.9 Å². The number of fused-ring (bicyclic) bond motifs is 1. The first-order valence-electron chi connectivity index (χ1n) is 7.82. The van der Waals surface area contributed by atoms with Gasteiger partial charge in [-0.15, -0.1) is 11.8 Å². The molecule has 124 valence electrons. The Kier molecular flexibility index (Phi) is 4.38. The number of benzene rings is 1. The second kappa shape index (κ2) is 6.17. The minimum atomic E-state index is -0.822. The van der Waals surface area contributed by atoms with Crippen LogP contribution in [0.3, 0.4) is 0 Å². The Morgan fingerprint density at radius 1 is 1.30 bits per heavy atom. The third-order valence-corrected chi connectivity index (χ3v) is 5.95. The summed E-state index contributed by atoms with van der Waals surface area (Å²) >= 11 is 1.54. The van der Waals surface area contributed by atoms with Crippen LogP contribution in [0.2, 0.25) is 0 Å². The minimum Gasteiger partial charge on any atom is -0.481 e. The highest BCUT2D eigenvalue weighted by Crippen LogP contribution is 2.42. The van der Waals surface area contributed by atoms with E-state index in [2.05, 4.69) is 4.90 Å². The smallest absolute Gasteiger partial charge is 0.313 e. The molecule has 1 aromatic carbocycles. The number of amides is 1. The molecule has 2 aliphatic rings. The third-order valence-electron chi connectivity index (χ3n) is 5.16. The van der Waals surface area contributed by atoms with Crippen LogP contribution in [0.4, 0.5) is 0 Å². The first-order valence-corrected chi connectivity index (χ1v) is 9.04. The van der Waals surface area contributed by atoms with E-state index in [-0.39, 0.29) is 11.8 Å². The fourth-order valence-electron chi connectivity index (χ4n) is 3.91. The lowest BCUT2D eigenvalue weighted by molar-refractivity contribution is -0.153. The molecule has 6 heteroatoms. The van der Waals surface area contributed by atoms with Gasteiger partial charge in [0.25, 0.3) is 5.91 Å². The van der Waals surface area contributed by atoms with Gasteiger partial charge >= 0.3 is 5.97 Å². The Labute approximate surface area is 140 Å². The van der Waals surface area contributed by atoms with E-state index in [9.17, 15) is 14.7 Å². The van der Waals surface area contributed by atoms with Crippen molar-refractivity contribution >= 4 is 23.6 Å². The van der Waals surface area contributed by atoms with Crippen LogP contribution < -0.4 is 0 Å². The molecule has 2 atom stereocenters. The average Bonchev–Trinajstić information content (AvgIpc) is 2.94. The van der Waals surface area contributed by atoms with E-state index in [1.54, 1.807) is 16.7 Å². The molecular formula is C17H22N2O3S. The predicted octanol–water partition coefficient (Wildman–Crippen LogP) is 1.89. The molecule has 2 saturated heterocycles. The number of hydrogen-bond donors (Lipinski definition) is 1. The number of carbonyl (C=O) groups is 2. The molecule has 3 rings (SSSR count). The zero-order chi connectivity index (χ0) is 16.6. The molecule has 0 bridgehead atoms. The first-order chi connectivity index (χ1) is 11.0. The second-order valence-corrected chi connectivity index (χ2v) is 7.42. The van der Waals surface area contributed by atoms with Crippen LogP contribution in [-0.4, -0.2) is 66.3 Å². The van der Waals surface area contributed by atoms with E-state index in [0.717, 1.165) is 17.9 Å². The zero-order valence-electron chi connectivity index (χ0n) is 13.5. The summed E-state index contributed by atoms with van der Waals surface area (Å²) in [6, 6.07) is 7.54. The number of hydrogen-bond acceptors (Lipinski definition) is 4. The summed E-state index contributed by atoms with van der Waals surface area (Å²) in [5.74, 6) is -0.781. The quantitative estimate of drug-likeness (QED) is 0.856. The number of aliphatic carboxylic acids is 1. The van der Waals surface area contributed by atoms with E-state index < -0.39 is 11.4 Å². The maximum atomic E-state index is 12.9. The van der Waals surface area contributed by atoms with Crippen molar-refractivity contribution in [2.24, 2.45) is 11.3 Å². The predicted molar refractivity (Wildman–Crippen MR) is 89.8 cm³/mol. The van der Waals surface area contributed by atoms with Crippen LogP contribution >= 0.6 is 11.8 Å². The molecule has 5 nitrogen and oxygen atoms in total. The van der Waals surface area contributed by atoms with Gasteiger partial charge in [-0.25, -0.2) is 0 Å². The molecule has 2 heterocycles. The van der Waals surface area contributed by atoms with Crippen molar-refractivity contribution in [3.8, 4) is 0 Å². The van der Waals surface area contributed by atoms with E-state index >= 15 is 0 Å². The summed E-state index contributed by atoms with van der Waals surface area (Å²) in [5.41, 5.74) is -0.149. The molecule has 2 fully saturated rings. The van der Waals surface area contributed by atoms with Crippen molar-refractivity contribution in [1.82, 2.24) is 9.80 Å². The summed E-state index contributed by atoms with van der Waals surface area (Å²) in [7, 11) is 1.95. The molecule has 1 aromatic rings. The fourth-order valence-corrected chi connectivity index (χ4v) is 4.50. The van der Waals surface area contributed by atoms with Crippen molar-refractivity contribution in [2.45, 2.75) is 11.3 Å². The lowest BCUT2D eigenvalue weighted by Crippen LogP contribution is -2.52. The van der Waals surface area contributed by atoms with E-state index in [0.29, 0.717) is 25.2 Å². The molecule has 23 heavy (non-hydrogen) atoms. The molecule has 2 aliphatic heterocycles. The highest BCUT2D eigenvalue weighted by molar-refractivity contribution is 7.98. The van der Waals surface area contributed by atoms with Crippen LogP contribution in [0, 0.1) is 11.3 Å². The van der Waals surface area contributed by atoms with Crippen molar-refractivity contribution < 1.29 is 14.7 Å². The molecule has 0 unspecified atom stereocenters. The van der Waals surface area contributed by atoms with E-state index in [1.165, 1.54) is 0 Å². The number of carboxylic acid groups (broad SMARTS) is 1. The number of rotatable bonds is 3. The minimum absolute atomic E-state index is 0.0431. The fraction of sp³-hybridized carbons (Fsp3) is 0.529. The van der Waals surface area contributed by atoms with Gasteiger partial charge in [-0.2, -0.15) is 0 Å². The number of thioether (sulfide) groups is 1. The van der Waals surface area contributed by atoms with Gasteiger partial charge in [0.2, 0.25) is 0 Å². The summed E-state index contributed by atoms with van der Waals surface area (Å²) in [6.07, 6.45) is 2.78. The van der Waals surface area contributed by atoms with Gasteiger partial charge in [0.05, 0.1) is 5.56 Å². The zero-order valence-corrected chi connectivity index (χ0v) is 14.3. The first kappa shape index (κ1) is 16.3. The number of carboxylic acids is 1. The monoisotopic (exact) mass is 334 g/mol. The van der Waals surface area contributed by atoms with E-state index in [4.69, 9.17) is 0 Å².